The zero-order valence-corrected chi connectivity index (χ0v) is 8.48. The van der Waals surface area contributed by atoms with Gasteiger partial charge in [-0.05, 0) is 6.07 Å². The maximum absolute atomic E-state index is 11.4. The molecule has 1 aromatic heterocycles. The molecule has 0 aliphatic rings. The van der Waals surface area contributed by atoms with Crippen LogP contribution in [-0.4, -0.2) is 29.1 Å². The maximum Gasteiger partial charge on any atom is 0.355 e. The predicted molar refractivity (Wildman–Crippen MR) is 56.6 cm³/mol. The monoisotopic (exact) mass is 219 g/mol. The Morgan fingerprint density at radius 3 is 2.62 bits per heavy atom. The third-order valence-electron chi connectivity index (χ3n) is 2.31. The summed E-state index contributed by atoms with van der Waals surface area (Å²) >= 11 is 0. The number of benzene rings is 1. The summed E-state index contributed by atoms with van der Waals surface area (Å²) in [5.41, 5.74) is 0.513. The first kappa shape index (κ1) is 10.2. The number of rotatable bonds is 2. The molecule has 0 saturated heterocycles. The Hall–Kier alpha value is -2.30. The molecule has 0 unspecified atom stereocenters. The molecule has 0 saturated carbocycles. The van der Waals surface area contributed by atoms with Crippen LogP contribution in [0.3, 0.4) is 0 Å². The van der Waals surface area contributed by atoms with Crippen molar-refractivity contribution in [2.75, 3.05) is 7.11 Å². The molecule has 0 aliphatic carbocycles. The summed E-state index contributed by atoms with van der Waals surface area (Å²) in [6.07, 6.45) is 0. The largest absolute Gasteiger partial charge is 0.478 e. The lowest BCUT2D eigenvalue weighted by Crippen LogP contribution is -2.08. The Balaban J connectivity index is 2.78. The van der Waals surface area contributed by atoms with Crippen LogP contribution in [-0.2, 0) is 4.74 Å². The van der Waals surface area contributed by atoms with Crippen molar-refractivity contribution in [2.24, 2.45) is 0 Å². The molecule has 1 aromatic carbocycles. The van der Waals surface area contributed by atoms with Crippen molar-refractivity contribution in [3.05, 3.63) is 35.5 Å². The average Bonchev–Trinajstić information content (AvgIpc) is 2.67. The molecular weight excluding hydrogens is 210 g/mol. The second-order valence-electron chi connectivity index (χ2n) is 3.22. The van der Waals surface area contributed by atoms with Gasteiger partial charge in [0.05, 0.1) is 12.7 Å². The van der Waals surface area contributed by atoms with Crippen LogP contribution in [0, 0.1) is 0 Å². The van der Waals surface area contributed by atoms with Crippen molar-refractivity contribution in [2.45, 2.75) is 0 Å². The first-order valence-corrected chi connectivity index (χ1v) is 4.57. The van der Waals surface area contributed by atoms with Gasteiger partial charge in [0.2, 0.25) is 0 Å². The Morgan fingerprint density at radius 2 is 2.00 bits per heavy atom. The number of para-hydroxylation sites is 1. The molecule has 0 spiro atoms. The molecule has 5 nitrogen and oxygen atoms in total. The van der Waals surface area contributed by atoms with Crippen LogP contribution in [0.15, 0.2) is 24.3 Å². The quantitative estimate of drug-likeness (QED) is 0.752. The number of nitrogens with one attached hydrogen (secondary N) is 1. The molecule has 0 atom stereocenters. The van der Waals surface area contributed by atoms with Gasteiger partial charge in [-0.3, -0.25) is 0 Å². The van der Waals surface area contributed by atoms with Gasteiger partial charge < -0.3 is 14.8 Å². The van der Waals surface area contributed by atoms with Crippen molar-refractivity contribution >= 4 is 22.8 Å². The van der Waals surface area contributed by atoms with Crippen molar-refractivity contribution < 1.29 is 19.4 Å². The predicted octanol–water partition coefficient (Wildman–Crippen LogP) is 1.65. The molecule has 82 valence electrons. The fourth-order valence-corrected chi connectivity index (χ4v) is 1.62. The molecule has 1 heterocycles. The van der Waals surface area contributed by atoms with E-state index in [1.807, 2.05) is 0 Å². The van der Waals surface area contributed by atoms with Crippen LogP contribution in [0.2, 0.25) is 0 Å². The Morgan fingerprint density at radius 1 is 1.31 bits per heavy atom. The van der Waals surface area contributed by atoms with Gasteiger partial charge >= 0.3 is 11.9 Å². The van der Waals surface area contributed by atoms with E-state index in [1.54, 1.807) is 24.3 Å². The van der Waals surface area contributed by atoms with Crippen molar-refractivity contribution in [1.29, 1.82) is 0 Å². The number of aromatic amines is 1. The molecule has 2 aromatic rings. The number of ether oxygens (including phenoxy) is 1. The van der Waals surface area contributed by atoms with E-state index in [1.165, 1.54) is 7.11 Å². The molecule has 5 heteroatoms. The normalized spacial score (nSPS) is 10.3. The summed E-state index contributed by atoms with van der Waals surface area (Å²) in [6.45, 7) is 0. The Bertz CT molecular complexity index is 570. The topological polar surface area (TPSA) is 79.4 Å². The molecule has 0 bridgehead atoms. The van der Waals surface area contributed by atoms with Crippen LogP contribution in [0.25, 0.3) is 10.9 Å². The zero-order chi connectivity index (χ0) is 11.7. The maximum atomic E-state index is 11.4. The first-order valence-electron chi connectivity index (χ1n) is 4.57. The fourth-order valence-electron chi connectivity index (χ4n) is 1.62. The molecule has 0 radical (unpaired) electrons. The standard InChI is InChI=1S/C11H9NO4/c1-16-11(15)9-8(10(13)14)6-4-2-3-5-7(6)12-9/h2-5,12H,1H3,(H,13,14). The summed E-state index contributed by atoms with van der Waals surface area (Å²) in [5, 5.41) is 9.56. The van der Waals surface area contributed by atoms with Crippen LogP contribution < -0.4 is 0 Å². The zero-order valence-electron chi connectivity index (χ0n) is 8.48. The summed E-state index contributed by atoms with van der Waals surface area (Å²) in [6, 6.07) is 6.81. The van der Waals surface area contributed by atoms with E-state index in [4.69, 9.17) is 5.11 Å². The number of carboxylic acids is 1. The summed E-state index contributed by atoms with van der Waals surface area (Å²) in [5.74, 6) is -1.84. The summed E-state index contributed by atoms with van der Waals surface area (Å²) < 4.78 is 4.52. The highest BCUT2D eigenvalue weighted by Crippen LogP contribution is 2.22. The first-order chi connectivity index (χ1) is 7.65. The van der Waals surface area contributed by atoms with Gasteiger partial charge in [-0.2, -0.15) is 0 Å². The molecule has 0 amide bonds. The van der Waals surface area contributed by atoms with Crippen LogP contribution >= 0.6 is 0 Å². The van der Waals surface area contributed by atoms with E-state index in [0.717, 1.165) is 0 Å². The minimum Gasteiger partial charge on any atom is -0.478 e. The van der Waals surface area contributed by atoms with E-state index in [-0.39, 0.29) is 11.3 Å². The van der Waals surface area contributed by atoms with Crippen LogP contribution in [0.4, 0.5) is 0 Å². The summed E-state index contributed by atoms with van der Waals surface area (Å²) in [4.78, 5) is 25.2. The molecule has 2 N–H and O–H groups in total. The average molecular weight is 219 g/mol. The molecule has 16 heavy (non-hydrogen) atoms. The number of carboxylic acid groups (broad SMARTS) is 1. The molecular formula is C11H9NO4. The molecule has 0 fully saturated rings. The second-order valence-corrected chi connectivity index (χ2v) is 3.22. The molecule has 0 aliphatic heterocycles. The lowest BCUT2D eigenvalue weighted by atomic mass is 10.1. The lowest BCUT2D eigenvalue weighted by Gasteiger charge is -1.97. The third kappa shape index (κ3) is 1.42. The number of aromatic nitrogens is 1. The summed E-state index contributed by atoms with van der Waals surface area (Å²) in [7, 11) is 1.21. The van der Waals surface area contributed by atoms with Gasteiger partial charge in [-0.1, -0.05) is 18.2 Å². The SMILES string of the molecule is COC(=O)c1[nH]c2ccccc2c1C(=O)O. The number of hydrogen-bond acceptors (Lipinski definition) is 3. The number of carbonyl (C=O) groups is 2. The highest BCUT2D eigenvalue weighted by molar-refractivity contribution is 6.11. The fraction of sp³-hybridized carbons (Fsp3) is 0.0909. The number of H-pyrrole nitrogens is 1. The van der Waals surface area contributed by atoms with Gasteiger partial charge in [-0.25, -0.2) is 9.59 Å². The van der Waals surface area contributed by atoms with Crippen LogP contribution in [0.5, 0.6) is 0 Å². The minimum absolute atomic E-state index is 0.0313. The second kappa shape index (κ2) is 3.69. The Labute approximate surface area is 90.6 Å². The smallest absolute Gasteiger partial charge is 0.355 e. The highest BCUT2D eigenvalue weighted by atomic mass is 16.5. The van der Waals surface area contributed by atoms with E-state index in [9.17, 15) is 9.59 Å². The number of carbonyl (C=O) groups excluding carboxylic acids is 1. The van der Waals surface area contributed by atoms with E-state index in [2.05, 4.69) is 9.72 Å². The number of esters is 1. The number of aromatic carboxylic acids is 1. The van der Waals surface area contributed by atoms with Gasteiger partial charge in [0.15, 0.2) is 0 Å². The van der Waals surface area contributed by atoms with E-state index in [0.29, 0.717) is 10.9 Å². The van der Waals surface area contributed by atoms with Crippen LogP contribution in [0.1, 0.15) is 20.8 Å². The van der Waals surface area contributed by atoms with E-state index < -0.39 is 11.9 Å². The lowest BCUT2D eigenvalue weighted by molar-refractivity contribution is 0.0578. The number of hydrogen-bond donors (Lipinski definition) is 2. The van der Waals surface area contributed by atoms with Crippen molar-refractivity contribution in [3.63, 3.8) is 0 Å². The van der Waals surface area contributed by atoms with E-state index >= 15 is 0 Å². The molecule has 2 rings (SSSR count). The highest BCUT2D eigenvalue weighted by Gasteiger charge is 2.22. The van der Waals surface area contributed by atoms with Crippen molar-refractivity contribution in [3.8, 4) is 0 Å². The van der Waals surface area contributed by atoms with Crippen molar-refractivity contribution in [1.82, 2.24) is 4.98 Å². The van der Waals surface area contributed by atoms with Gasteiger partial charge in [0, 0.05) is 10.9 Å². The number of fused-ring (bicyclic) bond motifs is 1. The third-order valence-corrected chi connectivity index (χ3v) is 2.31. The minimum atomic E-state index is -1.15. The van der Waals surface area contributed by atoms with Gasteiger partial charge in [-0.15, -0.1) is 0 Å². The number of methoxy groups -OCH3 is 1. The van der Waals surface area contributed by atoms with Gasteiger partial charge in [0.25, 0.3) is 0 Å². The Kier molecular flexibility index (Phi) is 2.36. The van der Waals surface area contributed by atoms with Gasteiger partial charge in [0.1, 0.15) is 5.69 Å².